The Hall–Kier alpha value is -3.53. The summed E-state index contributed by atoms with van der Waals surface area (Å²) in [5.41, 5.74) is 0.245. The molecule has 0 atom stereocenters. The maximum absolute atomic E-state index is 12.3. The van der Waals surface area contributed by atoms with Gasteiger partial charge in [-0.2, -0.15) is 0 Å². The van der Waals surface area contributed by atoms with Crippen LogP contribution in [0.5, 0.6) is 0 Å². The molecule has 0 spiro atoms. The Morgan fingerprint density at radius 2 is 1.89 bits per heavy atom. The van der Waals surface area contributed by atoms with Crippen molar-refractivity contribution in [2.24, 2.45) is 0 Å². The van der Waals surface area contributed by atoms with Crippen LogP contribution in [0.25, 0.3) is 0 Å². The largest absolute Gasteiger partial charge is 0.452 e. The monoisotopic (exact) mass is 389 g/mol. The lowest BCUT2D eigenvalue weighted by molar-refractivity contribution is -0.123. The molecule has 0 aliphatic carbocycles. The fourth-order valence-corrected chi connectivity index (χ4v) is 2.40. The van der Waals surface area contributed by atoms with Gasteiger partial charge in [0, 0.05) is 20.2 Å². The highest BCUT2D eigenvalue weighted by atomic mass is 16.5. The van der Waals surface area contributed by atoms with Crippen molar-refractivity contribution in [3.63, 3.8) is 0 Å². The van der Waals surface area contributed by atoms with Crippen LogP contribution in [0, 0.1) is 0 Å². The molecule has 0 saturated carbocycles. The van der Waals surface area contributed by atoms with Crippen LogP contribution in [0.2, 0.25) is 0 Å². The van der Waals surface area contributed by atoms with E-state index < -0.39 is 36.3 Å². The molecule has 2 rings (SSSR count). The van der Waals surface area contributed by atoms with Crippen molar-refractivity contribution in [3.8, 4) is 0 Å². The number of nitrogens with zero attached hydrogens (tertiary/aromatic N) is 1. The maximum Gasteiger partial charge on any atom is 0.338 e. The molecule has 1 aliphatic rings. The highest BCUT2D eigenvalue weighted by molar-refractivity contribution is 6.22. The summed E-state index contributed by atoms with van der Waals surface area (Å²) in [4.78, 5) is 60.5. The van der Waals surface area contributed by atoms with E-state index >= 15 is 0 Å². The van der Waals surface area contributed by atoms with E-state index in [1.807, 2.05) is 5.32 Å². The number of imide groups is 2. The van der Waals surface area contributed by atoms with Gasteiger partial charge in [-0.1, -0.05) is 6.08 Å². The Kier molecular flexibility index (Phi) is 6.99. The van der Waals surface area contributed by atoms with Gasteiger partial charge in [0.2, 0.25) is 0 Å². The lowest BCUT2D eigenvalue weighted by atomic mass is 10.1. The molecule has 0 aromatic heterocycles. The zero-order valence-corrected chi connectivity index (χ0v) is 15.1. The van der Waals surface area contributed by atoms with Crippen LogP contribution in [0.3, 0.4) is 0 Å². The Labute approximate surface area is 160 Å². The first-order valence-electron chi connectivity index (χ1n) is 8.24. The van der Waals surface area contributed by atoms with Crippen molar-refractivity contribution >= 4 is 29.7 Å². The molecule has 148 valence electrons. The number of rotatable bonds is 8. The Balaban J connectivity index is 1.93. The van der Waals surface area contributed by atoms with E-state index in [1.54, 1.807) is 0 Å². The third kappa shape index (κ3) is 4.80. The lowest BCUT2D eigenvalue weighted by Gasteiger charge is -2.09. The smallest absolute Gasteiger partial charge is 0.338 e. The normalized spacial score (nSPS) is 12.4. The number of nitrogens with one attached hydrogen (secondary N) is 2. The van der Waals surface area contributed by atoms with Crippen molar-refractivity contribution in [3.05, 3.63) is 47.5 Å². The number of urea groups is 1. The van der Waals surface area contributed by atoms with E-state index in [2.05, 4.69) is 11.9 Å². The molecular weight excluding hydrogens is 370 g/mol. The van der Waals surface area contributed by atoms with Crippen molar-refractivity contribution in [1.82, 2.24) is 15.5 Å². The van der Waals surface area contributed by atoms with E-state index in [0.717, 1.165) is 4.90 Å². The summed E-state index contributed by atoms with van der Waals surface area (Å²) in [5.74, 6) is -2.72. The van der Waals surface area contributed by atoms with E-state index in [0.29, 0.717) is 0 Å². The summed E-state index contributed by atoms with van der Waals surface area (Å²) in [5, 5.41) is 4.35. The second kappa shape index (κ2) is 9.42. The van der Waals surface area contributed by atoms with Crippen molar-refractivity contribution in [1.29, 1.82) is 0 Å². The van der Waals surface area contributed by atoms with E-state index in [4.69, 9.17) is 9.47 Å². The molecular formula is C18H19N3O7. The van der Waals surface area contributed by atoms with Gasteiger partial charge in [-0.3, -0.25) is 24.6 Å². The minimum absolute atomic E-state index is 0.00213. The molecule has 1 aromatic carbocycles. The second-order valence-electron chi connectivity index (χ2n) is 5.64. The number of benzene rings is 1. The third-order valence-electron chi connectivity index (χ3n) is 3.70. The Morgan fingerprint density at radius 3 is 2.57 bits per heavy atom. The number of carbonyl (C=O) groups is 5. The molecule has 10 heteroatoms. The van der Waals surface area contributed by atoms with Crippen LogP contribution in [-0.2, 0) is 14.3 Å². The van der Waals surface area contributed by atoms with Gasteiger partial charge in [-0.15, -0.1) is 6.58 Å². The van der Waals surface area contributed by atoms with Crippen molar-refractivity contribution in [2.75, 3.05) is 33.4 Å². The standard InChI is InChI=1S/C18H19N3O7/c1-3-7-21-15(23)12-5-4-11(9-13(12)16(21)24)17(25)28-10-14(22)20-18(26)19-6-8-27-2/h3-5,9H,1,6-8,10H2,2H3,(H2,19,20,22,26). The van der Waals surface area contributed by atoms with Crippen LogP contribution in [0.1, 0.15) is 31.1 Å². The summed E-state index contributed by atoms with van der Waals surface area (Å²) < 4.78 is 9.57. The SMILES string of the molecule is C=CCN1C(=O)c2ccc(C(=O)OCC(=O)NC(=O)NCCOC)cc2C1=O. The molecule has 2 N–H and O–H groups in total. The fourth-order valence-electron chi connectivity index (χ4n) is 2.40. The third-order valence-corrected chi connectivity index (χ3v) is 3.70. The molecule has 0 bridgehead atoms. The molecule has 1 heterocycles. The Morgan fingerprint density at radius 1 is 1.18 bits per heavy atom. The summed E-state index contributed by atoms with van der Waals surface area (Å²) >= 11 is 0. The first-order chi connectivity index (χ1) is 13.4. The summed E-state index contributed by atoms with van der Waals surface area (Å²) in [6.45, 7) is 3.34. The molecule has 0 fully saturated rings. The molecule has 0 radical (unpaired) electrons. The van der Waals surface area contributed by atoms with Gasteiger partial charge in [0.15, 0.2) is 6.61 Å². The van der Waals surface area contributed by atoms with Gasteiger partial charge in [0.1, 0.15) is 0 Å². The first kappa shape index (κ1) is 20.8. The summed E-state index contributed by atoms with van der Waals surface area (Å²) in [7, 11) is 1.46. The van der Waals surface area contributed by atoms with E-state index in [1.165, 1.54) is 31.4 Å². The van der Waals surface area contributed by atoms with Gasteiger partial charge in [0.25, 0.3) is 17.7 Å². The topological polar surface area (TPSA) is 131 Å². The van der Waals surface area contributed by atoms with E-state index in [9.17, 15) is 24.0 Å². The predicted molar refractivity (Wildman–Crippen MR) is 95.7 cm³/mol. The lowest BCUT2D eigenvalue weighted by Crippen LogP contribution is -2.42. The average Bonchev–Trinajstić information content (AvgIpc) is 2.91. The van der Waals surface area contributed by atoms with Gasteiger partial charge >= 0.3 is 12.0 Å². The number of esters is 1. The molecule has 10 nitrogen and oxygen atoms in total. The summed E-state index contributed by atoms with van der Waals surface area (Å²) in [6, 6.07) is 3.15. The highest BCUT2D eigenvalue weighted by Crippen LogP contribution is 2.24. The number of amides is 5. The predicted octanol–water partition coefficient (Wildman–Crippen LogP) is 0.0976. The number of hydrogen-bond donors (Lipinski definition) is 2. The number of methoxy groups -OCH3 is 1. The molecule has 5 amide bonds. The van der Waals surface area contributed by atoms with Gasteiger partial charge in [0.05, 0.1) is 23.3 Å². The number of fused-ring (bicyclic) bond motifs is 1. The minimum Gasteiger partial charge on any atom is -0.452 e. The van der Waals surface area contributed by atoms with E-state index in [-0.39, 0.29) is 36.4 Å². The van der Waals surface area contributed by atoms with Crippen LogP contribution in [0.4, 0.5) is 4.79 Å². The fraction of sp³-hybridized carbons (Fsp3) is 0.278. The minimum atomic E-state index is -0.875. The van der Waals surface area contributed by atoms with Crippen LogP contribution in [0.15, 0.2) is 30.9 Å². The average molecular weight is 389 g/mol. The van der Waals surface area contributed by atoms with Crippen molar-refractivity contribution in [2.45, 2.75) is 0 Å². The summed E-state index contributed by atoms with van der Waals surface area (Å²) in [6.07, 6.45) is 1.42. The van der Waals surface area contributed by atoms with Crippen LogP contribution >= 0.6 is 0 Å². The molecule has 0 saturated heterocycles. The zero-order valence-electron chi connectivity index (χ0n) is 15.1. The first-order valence-corrected chi connectivity index (χ1v) is 8.24. The number of ether oxygens (including phenoxy) is 2. The highest BCUT2D eigenvalue weighted by Gasteiger charge is 2.35. The van der Waals surface area contributed by atoms with Crippen LogP contribution in [-0.4, -0.2) is 68.0 Å². The van der Waals surface area contributed by atoms with Gasteiger partial charge in [-0.05, 0) is 18.2 Å². The molecule has 28 heavy (non-hydrogen) atoms. The molecule has 1 aliphatic heterocycles. The zero-order chi connectivity index (χ0) is 20.7. The van der Waals surface area contributed by atoms with Crippen molar-refractivity contribution < 1.29 is 33.4 Å². The molecule has 0 unspecified atom stereocenters. The Bertz CT molecular complexity index is 834. The van der Waals surface area contributed by atoms with Crippen LogP contribution < -0.4 is 10.6 Å². The maximum atomic E-state index is 12.3. The van der Waals surface area contributed by atoms with Gasteiger partial charge in [-0.25, -0.2) is 9.59 Å². The number of hydrogen-bond acceptors (Lipinski definition) is 7. The quantitative estimate of drug-likeness (QED) is 0.279. The molecule has 1 aromatic rings. The second-order valence-corrected chi connectivity index (χ2v) is 5.64. The van der Waals surface area contributed by atoms with Gasteiger partial charge < -0.3 is 14.8 Å². The number of carbonyl (C=O) groups excluding carboxylic acids is 5.